The minimum absolute atomic E-state index is 0.0600. The first-order chi connectivity index (χ1) is 14.3. The van der Waals surface area contributed by atoms with Crippen molar-refractivity contribution in [1.29, 1.82) is 0 Å². The summed E-state index contributed by atoms with van der Waals surface area (Å²) in [6.07, 6.45) is 1.55. The summed E-state index contributed by atoms with van der Waals surface area (Å²) >= 11 is 0. The molecule has 0 aliphatic rings. The van der Waals surface area contributed by atoms with Gasteiger partial charge in [0.05, 0.1) is 17.5 Å². The predicted octanol–water partition coefficient (Wildman–Crippen LogP) is 5.05. The predicted molar refractivity (Wildman–Crippen MR) is 117 cm³/mol. The SMILES string of the molecule is CNc1cc(-c2cc(OC(C)C)nc(-c3ccnc(NC(C)=O)c3)c2)c(C)cc1F. The molecule has 0 spiro atoms. The van der Waals surface area contributed by atoms with Gasteiger partial charge < -0.3 is 15.4 Å². The van der Waals surface area contributed by atoms with Crippen LogP contribution in [0.4, 0.5) is 15.9 Å². The van der Waals surface area contributed by atoms with Gasteiger partial charge in [0.25, 0.3) is 0 Å². The van der Waals surface area contributed by atoms with Crippen LogP contribution in [0, 0.1) is 12.7 Å². The number of rotatable bonds is 6. The summed E-state index contributed by atoms with van der Waals surface area (Å²) in [5.74, 6) is 0.395. The number of aromatic nitrogens is 2. The number of nitrogens with one attached hydrogen (secondary N) is 2. The second-order valence-electron chi connectivity index (χ2n) is 7.25. The lowest BCUT2D eigenvalue weighted by molar-refractivity contribution is -0.114. The van der Waals surface area contributed by atoms with Crippen LogP contribution in [0.1, 0.15) is 26.3 Å². The van der Waals surface area contributed by atoms with Crippen molar-refractivity contribution < 1.29 is 13.9 Å². The molecule has 0 aliphatic carbocycles. The van der Waals surface area contributed by atoms with E-state index in [2.05, 4.69) is 20.6 Å². The normalized spacial score (nSPS) is 10.8. The number of hydrogen-bond acceptors (Lipinski definition) is 5. The van der Waals surface area contributed by atoms with Gasteiger partial charge in [0.2, 0.25) is 11.8 Å². The molecule has 3 rings (SSSR count). The molecule has 1 amide bonds. The molecule has 0 atom stereocenters. The molecule has 2 N–H and O–H groups in total. The van der Waals surface area contributed by atoms with Gasteiger partial charge in [0.15, 0.2) is 0 Å². The average Bonchev–Trinajstić information content (AvgIpc) is 2.67. The number of hydrogen-bond donors (Lipinski definition) is 2. The minimum Gasteiger partial charge on any atom is -0.475 e. The third-order valence-electron chi connectivity index (χ3n) is 4.41. The highest BCUT2D eigenvalue weighted by Crippen LogP contribution is 2.33. The lowest BCUT2D eigenvalue weighted by Gasteiger charge is -2.15. The Kier molecular flexibility index (Phi) is 6.30. The number of pyridine rings is 2. The van der Waals surface area contributed by atoms with E-state index in [9.17, 15) is 9.18 Å². The van der Waals surface area contributed by atoms with Crippen LogP contribution >= 0.6 is 0 Å². The van der Waals surface area contributed by atoms with Crippen LogP contribution in [0.25, 0.3) is 22.4 Å². The van der Waals surface area contributed by atoms with Crippen molar-refractivity contribution in [3.05, 3.63) is 54.0 Å². The van der Waals surface area contributed by atoms with Gasteiger partial charge in [0.1, 0.15) is 11.6 Å². The van der Waals surface area contributed by atoms with Crippen molar-refractivity contribution in [2.45, 2.75) is 33.8 Å². The molecular weight excluding hydrogens is 383 g/mol. The molecule has 30 heavy (non-hydrogen) atoms. The van der Waals surface area contributed by atoms with Gasteiger partial charge in [-0.15, -0.1) is 0 Å². The summed E-state index contributed by atoms with van der Waals surface area (Å²) in [6, 6.07) is 10.6. The van der Waals surface area contributed by atoms with Crippen LogP contribution in [0.15, 0.2) is 42.6 Å². The van der Waals surface area contributed by atoms with Crippen LogP contribution < -0.4 is 15.4 Å². The number of nitrogens with zero attached hydrogens (tertiary/aromatic N) is 2. The summed E-state index contributed by atoms with van der Waals surface area (Å²) in [5.41, 5.74) is 4.37. The molecule has 156 valence electrons. The number of aryl methyl sites for hydroxylation is 1. The van der Waals surface area contributed by atoms with E-state index >= 15 is 0 Å². The first-order valence-electron chi connectivity index (χ1n) is 9.68. The second kappa shape index (κ2) is 8.90. The third-order valence-corrected chi connectivity index (χ3v) is 4.41. The summed E-state index contributed by atoms with van der Waals surface area (Å²) in [5, 5.41) is 5.56. The van der Waals surface area contributed by atoms with Crippen LogP contribution in [0.3, 0.4) is 0 Å². The van der Waals surface area contributed by atoms with Gasteiger partial charge in [-0.1, -0.05) is 0 Å². The number of amides is 1. The first kappa shape index (κ1) is 21.2. The Bertz CT molecular complexity index is 1080. The van der Waals surface area contributed by atoms with E-state index in [1.807, 2.05) is 39.0 Å². The third kappa shape index (κ3) is 4.92. The van der Waals surface area contributed by atoms with E-state index in [4.69, 9.17) is 4.74 Å². The Hall–Kier alpha value is -3.48. The summed E-state index contributed by atoms with van der Waals surface area (Å²) < 4.78 is 20.0. The highest BCUT2D eigenvalue weighted by atomic mass is 19.1. The smallest absolute Gasteiger partial charge is 0.222 e. The molecule has 7 heteroatoms. The summed E-state index contributed by atoms with van der Waals surface area (Å²) in [4.78, 5) is 20.2. The van der Waals surface area contributed by atoms with Crippen LogP contribution in [0.2, 0.25) is 0 Å². The van der Waals surface area contributed by atoms with Crippen molar-refractivity contribution in [3.63, 3.8) is 0 Å². The lowest BCUT2D eigenvalue weighted by atomic mass is 9.98. The van der Waals surface area contributed by atoms with Crippen LogP contribution in [-0.2, 0) is 4.79 Å². The molecule has 0 saturated carbocycles. The largest absolute Gasteiger partial charge is 0.475 e. The minimum atomic E-state index is -0.305. The Morgan fingerprint density at radius 3 is 2.57 bits per heavy atom. The van der Waals surface area contributed by atoms with Gasteiger partial charge >= 0.3 is 0 Å². The van der Waals surface area contributed by atoms with Crippen molar-refractivity contribution >= 4 is 17.4 Å². The number of ether oxygens (including phenoxy) is 1. The lowest BCUT2D eigenvalue weighted by Crippen LogP contribution is -2.08. The van der Waals surface area contributed by atoms with E-state index in [0.717, 1.165) is 22.3 Å². The molecule has 6 nitrogen and oxygen atoms in total. The molecule has 3 aromatic rings. The van der Waals surface area contributed by atoms with Gasteiger partial charge in [-0.2, -0.15) is 0 Å². The standard InChI is InChI=1S/C23H25FN4O2/c1-13(2)30-23-11-17(18-12-21(25-5)19(24)8-14(18)3)9-20(28-23)16-6-7-26-22(10-16)27-15(4)29/h6-13,25H,1-5H3,(H,26,27,29). The Morgan fingerprint density at radius 2 is 1.90 bits per heavy atom. The number of benzene rings is 1. The number of anilines is 2. The molecule has 0 bridgehead atoms. The van der Waals surface area contributed by atoms with Crippen LogP contribution in [0.5, 0.6) is 5.88 Å². The Balaban J connectivity index is 2.15. The number of carbonyl (C=O) groups excluding carboxylic acids is 1. The van der Waals surface area contributed by atoms with Crippen molar-refractivity contribution in [2.75, 3.05) is 17.7 Å². The molecule has 2 heterocycles. The maximum Gasteiger partial charge on any atom is 0.222 e. The molecule has 0 aliphatic heterocycles. The van der Waals surface area contributed by atoms with Gasteiger partial charge in [-0.3, -0.25) is 4.79 Å². The van der Waals surface area contributed by atoms with Crippen molar-refractivity contribution in [2.24, 2.45) is 0 Å². The fourth-order valence-electron chi connectivity index (χ4n) is 3.12. The fraction of sp³-hybridized carbons (Fsp3) is 0.261. The zero-order valence-electron chi connectivity index (χ0n) is 17.7. The highest BCUT2D eigenvalue weighted by Gasteiger charge is 2.14. The fourth-order valence-corrected chi connectivity index (χ4v) is 3.12. The maximum atomic E-state index is 14.1. The number of carbonyl (C=O) groups is 1. The van der Waals surface area contributed by atoms with Gasteiger partial charge in [-0.05, 0) is 67.8 Å². The summed E-state index contributed by atoms with van der Waals surface area (Å²) in [7, 11) is 1.68. The van der Waals surface area contributed by atoms with Gasteiger partial charge in [-0.25, -0.2) is 14.4 Å². The van der Waals surface area contributed by atoms with E-state index < -0.39 is 0 Å². The number of halogens is 1. The molecule has 0 fully saturated rings. The van der Waals surface area contributed by atoms with E-state index in [0.29, 0.717) is 23.1 Å². The van der Waals surface area contributed by atoms with E-state index in [-0.39, 0.29) is 17.8 Å². The van der Waals surface area contributed by atoms with Gasteiger partial charge in [0, 0.05) is 31.8 Å². The average molecular weight is 408 g/mol. The topological polar surface area (TPSA) is 76.1 Å². The van der Waals surface area contributed by atoms with E-state index in [1.165, 1.54) is 13.0 Å². The highest BCUT2D eigenvalue weighted by molar-refractivity contribution is 5.88. The van der Waals surface area contributed by atoms with E-state index in [1.54, 1.807) is 25.4 Å². The monoisotopic (exact) mass is 408 g/mol. The first-order valence-corrected chi connectivity index (χ1v) is 9.68. The summed E-state index contributed by atoms with van der Waals surface area (Å²) in [6.45, 7) is 7.15. The Morgan fingerprint density at radius 1 is 1.13 bits per heavy atom. The Labute approximate surface area is 175 Å². The molecular formula is C23H25FN4O2. The zero-order valence-corrected chi connectivity index (χ0v) is 17.7. The van der Waals surface area contributed by atoms with Crippen molar-refractivity contribution in [3.8, 4) is 28.3 Å². The molecule has 2 aromatic heterocycles. The second-order valence-corrected chi connectivity index (χ2v) is 7.25. The molecule has 0 unspecified atom stereocenters. The molecule has 0 saturated heterocycles. The zero-order chi connectivity index (χ0) is 21.8. The van der Waals surface area contributed by atoms with Crippen LogP contribution in [-0.4, -0.2) is 29.0 Å². The molecule has 1 aromatic carbocycles. The maximum absolute atomic E-state index is 14.1. The molecule has 0 radical (unpaired) electrons. The quantitative estimate of drug-likeness (QED) is 0.597. The van der Waals surface area contributed by atoms with Crippen molar-refractivity contribution in [1.82, 2.24) is 9.97 Å².